The van der Waals surface area contributed by atoms with Crippen LogP contribution in [0.15, 0.2) is 6.33 Å². The van der Waals surface area contributed by atoms with Crippen LogP contribution in [0.1, 0.15) is 12.1 Å². The Labute approximate surface area is 64.2 Å². The van der Waals surface area contributed by atoms with Gasteiger partial charge in [0.1, 0.15) is 5.82 Å². The first kappa shape index (κ1) is 6.39. The summed E-state index contributed by atoms with van der Waals surface area (Å²) in [6.45, 7) is 2.64. The van der Waals surface area contributed by atoms with E-state index in [0.29, 0.717) is 6.42 Å². The van der Waals surface area contributed by atoms with Crippen LogP contribution in [-0.4, -0.2) is 15.5 Å². The van der Waals surface area contributed by atoms with Gasteiger partial charge in [-0.15, -0.1) is 0 Å². The van der Waals surface area contributed by atoms with Gasteiger partial charge in [0.25, 0.3) is 0 Å². The van der Waals surface area contributed by atoms with Crippen molar-refractivity contribution >= 4 is 11.7 Å². The van der Waals surface area contributed by atoms with E-state index in [0.717, 1.165) is 18.1 Å². The Hall–Kier alpha value is -1.32. The SMILES string of the molecule is Cc1ncn2c1NC(=O)CC2. The van der Waals surface area contributed by atoms with Gasteiger partial charge in [0.05, 0.1) is 12.0 Å². The maximum absolute atomic E-state index is 10.9. The summed E-state index contributed by atoms with van der Waals surface area (Å²) in [5.41, 5.74) is 0.887. The van der Waals surface area contributed by atoms with Crippen molar-refractivity contribution in [2.24, 2.45) is 0 Å². The average molecular weight is 151 g/mol. The quantitative estimate of drug-likeness (QED) is 0.588. The molecule has 0 aromatic carbocycles. The molecule has 0 fully saturated rings. The molecule has 1 amide bonds. The molecule has 0 aliphatic carbocycles. The lowest BCUT2D eigenvalue weighted by molar-refractivity contribution is -0.116. The molecule has 0 bridgehead atoms. The highest BCUT2D eigenvalue weighted by molar-refractivity contribution is 5.91. The molecule has 0 radical (unpaired) electrons. The number of nitrogens with zero attached hydrogens (tertiary/aromatic N) is 2. The smallest absolute Gasteiger partial charge is 0.227 e. The molecule has 1 aromatic rings. The van der Waals surface area contributed by atoms with Crippen molar-refractivity contribution in [2.75, 3.05) is 5.32 Å². The van der Waals surface area contributed by atoms with Gasteiger partial charge in [-0.1, -0.05) is 0 Å². The lowest BCUT2D eigenvalue weighted by Crippen LogP contribution is -2.22. The highest BCUT2D eigenvalue weighted by Gasteiger charge is 2.15. The van der Waals surface area contributed by atoms with Crippen LogP contribution in [0.3, 0.4) is 0 Å². The molecular formula is C7H9N3O. The van der Waals surface area contributed by atoms with E-state index >= 15 is 0 Å². The molecule has 0 saturated heterocycles. The van der Waals surface area contributed by atoms with Gasteiger partial charge < -0.3 is 9.88 Å². The molecule has 0 unspecified atom stereocenters. The molecule has 1 aliphatic rings. The fraction of sp³-hybridized carbons (Fsp3) is 0.429. The van der Waals surface area contributed by atoms with E-state index in [4.69, 9.17) is 0 Å². The minimum atomic E-state index is 0.0844. The molecular weight excluding hydrogens is 142 g/mol. The van der Waals surface area contributed by atoms with Crippen molar-refractivity contribution in [1.29, 1.82) is 0 Å². The maximum Gasteiger partial charge on any atom is 0.227 e. The fourth-order valence-electron chi connectivity index (χ4n) is 1.23. The molecule has 1 aromatic heterocycles. The zero-order chi connectivity index (χ0) is 7.84. The number of nitrogens with one attached hydrogen (secondary N) is 1. The number of imidazole rings is 1. The van der Waals surface area contributed by atoms with Gasteiger partial charge in [-0.25, -0.2) is 4.98 Å². The van der Waals surface area contributed by atoms with Crippen molar-refractivity contribution < 1.29 is 4.79 Å². The lowest BCUT2D eigenvalue weighted by atomic mass is 10.3. The Morgan fingerprint density at radius 1 is 1.73 bits per heavy atom. The predicted molar refractivity (Wildman–Crippen MR) is 40.2 cm³/mol. The summed E-state index contributed by atoms with van der Waals surface area (Å²) in [5, 5.41) is 2.77. The number of carbonyl (C=O) groups is 1. The second kappa shape index (κ2) is 2.08. The maximum atomic E-state index is 10.9. The average Bonchev–Trinajstić information content (AvgIpc) is 2.33. The minimum absolute atomic E-state index is 0.0844. The summed E-state index contributed by atoms with van der Waals surface area (Å²) in [6.07, 6.45) is 2.31. The van der Waals surface area contributed by atoms with E-state index in [-0.39, 0.29) is 5.91 Å². The van der Waals surface area contributed by atoms with Crippen LogP contribution < -0.4 is 5.32 Å². The lowest BCUT2D eigenvalue weighted by Gasteiger charge is -2.14. The van der Waals surface area contributed by atoms with Gasteiger partial charge >= 0.3 is 0 Å². The van der Waals surface area contributed by atoms with Crippen LogP contribution in [0, 0.1) is 6.92 Å². The second-order valence-electron chi connectivity index (χ2n) is 2.67. The third kappa shape index (κ3) is 0.906. The fourth-order valence-corrected chi connectivity index (χ4v) is 1.23. The summed E-state index contributed by atoms with van der Waals surface area (Å²) in [6, 6.07) is 0. The number of fused-ring (bicyclic) bond motifs is 1. The van der Waals surface area contributed by atoms with Gasteiger partial charge in [0, 0.05) is 13.0 Å². The molecule has 1 N–H and O–H groups in total. The minimum Gasteiger partial charge on any atom is -0.317 e. The molecule has 2 heterocycles. The van der Waals surface area contributed by atoms with E-state index in [1.54, 1.807) is 6.33 Å². The molecule has 0 spiro atoms. The van der Waals surface area contributed by atoms with Crippen molar-refractivity contribution in [2.45, 2.75) is 19.9 Å². The van der Waals surface area contributed by atoms with Gasteiger partial charge in [0.15, 0.2) is 0 Å². The highest BCUT2D eigenvalue weighted by Crippen LogP contribution is 2.17. The molecule has 0 atom stereocenters. The van der Waals surface area contributed by atoms with E-state index < -0.39 is 0 Å². The second-order valence-corrected chi connectivity index (χ2v) is 2.67. The standard InChI is InChI=1S/C7H9N3O/c1-5-7-9-6(11)2-3-10(7)4-8-5/h4H,2-3H2,1H3,(H,9,11). The Balaban J connectivity index is 2.45. The third-order valence-electron chi connectivity index (χ3n) is 1.86. The molecule has 4 nitrogen and oxygen atoms in total. The monoisotopic (exact) mass is 151 g/mol. The van der Waals surface area contributed by atoms with E-state index in [1.165, 1.54) is 0 Å². The van der Waals surface area contributed by atoms with Crippen LogP contribution in [0.2, 0.25) is 0 Å². The van der Waals surface area contributed by atoms with Crippen LogP contribution >= 0.6 is 0 Å². The predicted octanol–water partition coefficient (Wildman–Crippen LogP) is 0.534. The summed E-state index contributed by atoms with van der Waals surface area (Å²) in [5.74, 6) is 0.933. The van der Waals surface area contributed by atoms with Crippen molar-refractivity contribution in [3.8, 4) is 0 Å². The first-order valence-electron chi connectivity index (χ1n) is 3.59. The highest BCUT2D eigenvalue weighted by atomic mass is 16.1. The van der Waals surface area contributed by atoms with Gasteiger partial charge in [-0.3, -0.25) is 4.79 Å². The van der Waals surface area contributed by atoms with Crippen molar-refractivity contribution in [1.82, 2.24) is 9.55 Å². The first-order valence-corrected chi connectivity index (χ1v) is 3.59. The molecule has 58 valence electrons. The summed E-state index contributed by atoms with van der Waals surface area (Å²) < 4.78 is 1.96. The Morgan fingerprint density at radius 2 is 2.55 bits per heavy atom. The normalized spacial score (nSPS) is 15.9. The van der Waals surface area contributed by atoms with Crippen molar-refractivity contribution in [3.63, 3.8) is 0 Å². The molecule has 0 saturated carbocycles. The number of rotatable bonds is 0. The van der Waals surface area contributed by atoms with E-state index in [2.05, 4.69) is 10.3 Å². The summed E-state index contributed by atoms with van der Waals surface area (Å²) in [4.78, 5) is 15.0. The Kier molecular flexibility index (Phi) is 1.21. The topological polar surface area (TPSA) is 46.9 Å². The first-order chi connectivity index (χ1) is 5.27. The number of aryl methyl sites for hydroxylation is 2. The van der Waals surface area contributed by atoms with E-state index in [1.807, 2.05) is 11.5 Å². The zero-order valence-electron chi connectivity index (χ0n) is 6.29. The summed E-state index contributed by atoms with van der Waals surface area (Å²) >= 11 is 0. The number of carbonyl (C=O) groups excluding carboxylic acids is 1. The van der Waals surface area contributed by atoms with E-state index in [9.17, 15) is 4.79 Å². The molecule has 11 heavy (non-hydrogen) atoms. The Morgan fingerprint density at radius 3 is 3.36 bits per heavy atom. The van der Waals surface area contributed by atoms with Crippen LogP contribution in [0.25, 0.3) is 0 Å². The van der Waals surface area contributed by atoms with Crippen LogP contribution in [0.5, 0.6) is 0 Å². The molecule has 2 rings (SSSR count). The molecule has 4 heteroatoms. The zero-order valence-corrected chi connectivity index (χ0v) is 6.29. The largest absolute Gasteiger partial charge is 0.317 e. The van der Waals surface area contributed by atoms with Crippen molar-refractivity contribution in [3.05, 3.63) is 12.0 Å². The number of hydrogen-bond donors (Lipinski definition) is 1. The Bertz CT molecular complexity index is 303. The van der Waals surface area contributed by atoms with Crippen LogP contribution in [-0.2, 0) is 11.3 Å². The number of hydrogen-bond acceptors (Lipinski definition) is 2. The van der Waals surface area contributed by atoms with Gasteiger partial charge in [0.2, 0.25) is 5.91 Å². The number of aromatic nitrogens is 2. The molecule has 1 aliphatic heterocycles. The van der Waals surface area contributed by atoms with Gasteiger partial charge in [-0.2, -0.15) is 0 Å². The summed E-state index contributed by atoms with van der Waals surface area (Å²) in [7, 11) is 0. The van der Waals surface area contributed by atoms with Gasteiger partial charge in [-0.05, 0) is 6.92 Å². The van der Waals surface area contributed by atoms with Crippen LogP contribution in [0.4, 0.5) is 5.82 Å². The third-order valence-corrected chi connectivity index (χ3v) is 1.86. The number of anilines is 1. The number of amides is 1.